The third-order valence-electron chi connectivity index (χ3n) is 4.33. The Hall–Kier alpha value is -3.20. The van der Waals surface area contributed by atoms with E-state index in [-0.39, 0.29) is 11.6 Å². The molecule has 0 saturated heterocycles. The minimum absolute atomic E-state index is 0.112. The molecule has 0 aliphatic rings. The molecule has 0 fully saturated rings. The summed E-state index contributed by atoms with van der Waals surface area (Å²) >= 11 is 0. The number of nitrogens with one attached hydrogen (secondary N) is 1. The van der Waals surface area contributed by atoms with Crippen LogP contribution in [-0.4, -0.2) is 10.8 Å². The molecular formula is C22H16FNO. The Kier molecular flexibility index (Phi) is 3.69. The zero-order valence-corrected chi connectivity index (χ0v) is 13.7. The van der Waals surface area contributed by atoms with Crippen molar-refractivity contribution in [3.8, 4) is 11.3 Å². The summed E-state index contributed by atoms with van der Waals surface area (Å²) in [5, 5.41) is 0.602. The average molecular weight is 329 g/mol. The Bertz CT molecular complexity index is 1080. The Morgan fingerprint density at radius 3 is 2.48 bits per heavy atom. The van der Waals surface area contributed by atoms with Gasteiger partial charge in [-0.15, -0.1) is 0 Å². The van der Waals surface area contributed by atoms with Crippen LogP contribution in [0.3, 0.4) is 0 Å². The van der Waals surface area contributed by atoms with Crippen LogP contribution in [0.25, 0.3) is 22.2 Å². The molecule has 0 spiro atoms. The van der Waals surface area contributed by atoms with Crippen LogP contribution in [-0.2, 0) is 0 Å². The molecule has 1 aromatic heterocycles. The number of H-pyrrole nitrogens is 1. The maximum atomic E-state index is 13.8. The van der Waals surface area contributed by atoms with Crippen molar-refractivity contribution in [3.05, 3.63) is 95.3 Å². The van der Waals surface area contributed by atoms with Gasteiger partial charge in [0, 0.05) is 16.5 Å². The lowest BCUT2D eigenvalue weighted by Crippen LogP contribution is -2.03. The third kappa shape index (κ3) is 2.74. The molecule has 0 aliphatic heterocycles. The summed E-state index contributed by atoms with van der Waals surface area (Å²) < 4.78 is 13.8. The number of fused-ring (bicyclic) bond motifs is 1. The van der Waals surface area contributed by atoms with Crippen LogP contribution in [0.15, 0.2) is 72.8 Å². The van der Waals surface area contributed by atoms with Gasteiger partial charge in [0.1, 0.15) is 5.82 Å². The number of ketones is 1. The first-order valence-electron chi connectivity index (χ1n) is 8.11. The minimum Gasteiger partial charge on any atom is -0.354 e. The standard InChI is InChI=1S/C22H16FNO/c1-14-6-5-9-16(12-14)22(25)20-18-13-17(23)10-11-19(18)24-21(20)15-7-3-2-4-8-15/h2-13,24H,1H3. The average Bonchev–Trinajstić information content (AvgIpc) is 3.00. The van der Waals surface area contributed by atoms with Gasteiger partial charge in [-0.05, 0) is 36.8 Å². The molecule has 0 bridgehead atoms. The lowest BCUT2D eigenvalue weighted by Gasteiger charge is -2.06. The number of hydrogen-bond acceptors (Lipinski definition) is 1. The van der Waals surface area contributed by atoms with E-state index in [4.69, 9.17) is 0 Å². The molecule has 0 saturated carbocycles. The Labute approximate surface area is 144 Å². The quantitative estimate of drug-likeness (QED) is 0.494. The fourth-order valence-corrected chi connectivity index (χ4v) is 3.15. The Balaban J connectivity index is 2.00. The van der Waals surface area contributed by atoms with Crippen LogP contribution in [0.1, 0.15) is 21.5 Å². The molecule has 25 heavy (non-hydrogen) atoms. The number of rotatable bonds is 3. The monoisotopic (exact) mass is 329 g/mol. The van der Waals surface area contributed by atoms with Gasteiger partial charge < -0.3 is 4.98 Å². The van der Waals surface area contributed by atoms with Crippen LogP contribution in [0, 0.1) is 12.7 Å². The van der Waals surface area contributed by atoms with Crippen molar-refractivity contribution in [3.63, 3.8) is 0 Å². The maximum absolute atomic E-state index is 13.8. The normalized spacial score (nSPS) is 11.0. The molecule has 122 valence electrons. The summed E-state index contributed by atoms with van der Waals surface area (Å²) in [6.07, 6.45) is 0. The molecule has 3 heteroatoms. The maximum Gasteiger partial charge on any atom is 0.195 e. The van der Waals surface area contributed by atoms with Crippen LogP contribution in [0.2, 0.25) is 0 Å². The van der Waals surface area contributed by atoms with Crippen molar-refractivity contribution < 1.29 is 9.18 Å². The molecule has 3 aromatic carbocycles. The highest BCUT2D eigenvalue weighted by molar-refractivity contribution is 6.20. The Morgan fingerprint density at radius 2 is 1.72 bits per heavy atom. The number of aromatic amines is 1. The first-order chi connectivity index (χ1) is 12.1. The molecule has 2 nitrogen and oxygen atoms in total. The van der Waals surface area contributed by atoms with Gasteiger partial charge in [-0.25, -0.2) is 4.39 Å². The van der Waals surface area contributed by atoms with Gasteiger partial charge in [0.05, 0.1) is 11.3 Å². The first kappa shape index (κ1) is 15.3. The van der Waals surface area contributed by atoms with Crippen molar-refractivity contribution in [2.75, 3.05) is 0 Å². The zero-order valence-electron chi connectivity index (χ0n) is 13.7. The molecule has 1 N–H and O–H groups in total. The Morgan fingerprint density at radius 1 is 0.920 bits per heavy atom. The second-order valence-electron chi connectivity index (χ2n) is 6.13. The molecular weight excluding hydrogens is 313 g/mol. The lowest BCUT2D eigenvalue weighted by molar-refractivity contribution is 0.104. The van der Waals surface area contributed by atoms with Gasteiger partial charge in [0.2, 0.25) is 0 Å². The molecule has 0 aliphatic carbocycles. The van der Waals surface area contributed by atoms with Crippen molar-refractivity contribution in [2.45, 2.75) is 6.92 Å². The van der Waals surface area contributed by atoms with Crippen LogP contribution < -0.4 is 0 Å². The molecule has 0 radical (unpaired) electrons. The van der Waals surface area contributed by atoms with E-state index in [2.05, 4.69) is 4.98 Å². The van der Waals surface area contributed by atoms with E-state index in [0.29, 0.717) is 22.2 Å². The van der Waals surface area contributed by atoms with Crippen molar-refractivity contribution in [1.29, 1.82) is 0 Å². The fraction of sp³-hybridized carbons (Fsp3) is 0.0455. The van der Waals surface area contributed by atoms with E-state index in [1.807, 2.05) is 55.5 Å². The molecule has 0 amide bonds. The van der Waals surface area contributed by atoms with Gasteiger partial charge in [0.15, 0.2) is 5.78 Å². The summed E-state index contributed by atoms with van der Waals surface area (Å²) in [7, 11) is 0. The van der Waals surface area contributed by atoms with Gasteiger partial charge in [-0.2, -0.15) is 0 Å². The highest BCUT2D eigenvalue weighted by Gasteiger charge is 2.21. The smallest absolute Gasteiger partial charge is 0.195 e. The SMILES string of the molecule is Cc1cccc(C(=O)c2c(-c3ccccc3)[nH]c3ccc(F)cc23)c1. The number of halogens is 1. The van der Waals surface area contributed by atoms with E-state index in [1.165, 1.54) is 12.1 Å². The number of carbonyl (C=O) groups excluding carboxylic acids is 1. The van der Waals surface area contributed by atoms with Crippen molar-refractivity contribution in [1.82, 2.24) is 4.98 Å². The second kappa shape index (κ2) is 6.02. The highest BCUT2D eigenvalue weighted by Crippen LogP contribution is 2.32. The summed E-state index contributed by atoms with van der Waals surface area (Å²) in [6, 6.07) is 21.6. The van der Waals surface area contributed by atoms with Gasteiger partial charge in [-0.3, -0.25) is 4.79 Å². The van der Waals surface area contributed by atoms with Gasteiger partial charge in [-0.1, -0.05) is 54.1 Å². The van der Waals surface area contributed by atoms with Crippen LogP contribution >= 0.6 is 0 Å². The predicted octanol–water partition coefficient (Wildman–Crippen LogP) is 5.51. The molecule has 0 unspecified atom stereocenters. The number of aromatic nitrogens is 1. The number of hydrogen-bond donors (Lipinski definition) is 1. The number of aryl methyl sites for hydroxylation is 1. The summed E-state index contributed by atoms with van der Waals surface area (Å²) in [5.74, 6) is -0.469. The van der Waals surface area contributed by atoms with Crippen LogP contribution in [0.5, 0.6) is 0 Å². The zero-order chi connectivity index (χ0) is 17.4. The second-order valence-corrected chi connectivity index (χ2v) is 6.13. The number of benzene rings is 3. The van der Waals surface area contributed by atoms with Crippen LogP contribution in [0.4, 0.5) is 4.39 Å². The highest BCUT2D eigenvalue weighted by atomic mass is 19.1. The molecule has 4 aromatic rings. The van der Waals surface area contributed by atoms with E-state index >= 15 is 0 Å². The molecule has 0 atom stereocenters. The van der Waals surface area contributed by atoms with E-state index in [1.54, 1.807) is 12.1 Å². The van der Waals surface area contributed by atoms with Gasteiger partial charge in [0.25, 0.3) is 0 Å². The number of carbonyl (C=O) groups is 1. The predicted molar refractivity (Wildman–Crippen MR) is 98.3 cm³/mol. The molecule has 1 heterocycles. The summed E-state index contributed by atoms with van der Waals surface area (Å²) in [5.41, 5.74) is 4.48. The van der Waals surface area contributed by atoms with Crippen molar-refractivity contribution >= 4 is 16.7 Å². The topological polar surface area (TPSA) is 32.9 Å². The summed E-state index contributed by atoms with van der Waals surface area (Å²) in [4.78, 5) is 16.5. The largest absolute Gasteiger partial charge is 0.354 e. The lowest BCUT2D eigenvalue weighted by atomic mass is 9.96. The fourth-order valence-electron chi connectivity index (χ4n) is 3.15. The summed E-state index contributed by atoms with van der Waals surface area (Å²) in [6.45, 7) is 1.95. The minimum atomic E-state index is -0.357. The van der Waals surface area contributed by atoms with E-state index < -0.39 is 0 Å². The van der Waals surface area contributed by atoms with E-state index in [0.717, 1.165) is 16.6 Å². The first-order valence-corrected chi connectivity index (χ1v) is 8.11. The van der Waals surface area contributed by atoms with Crippen molar-refractivity contribution in [2.24, 2.45) is 0 Å². The van der Waals surface area contributed by atoms with Gasteiger partial charge >= 0.3 is 0 Å². The van der Waals surface area contributed by atoms with E-state index in [9.17, 15) is 9.18 Å². The third-order valence-corrected chi connectivity index (χ3v) is 4.33. The molecule has 4 rings (SSSR count).